The van der Waals surface area contributed by atoms with E-state index < -0.39 is 0 Å². The Hall–Kier alpha value is -9.25. The number of para-hydroxylation sites is 2. The van der Waals surface area contributed by atoms with Crippen molar-refractivity contribution in [2.45, 2.75) is 199 Å². The number of rotatable bonds is 9. The predicted molar refractivity (Wildman–Crippen MR) is 448 cm³/mol. The maximum absolute atomic E-state index is 2.73. The fourth-order valence-electron chi connectivity index (χ4n) is 17.0. The van der Waals surface area contributed by atoms with E-state index in [1.807, 2.05) is 0 Å². The first kappa shape index (κ1) is 69.8. The molecule has 0 fully saturated rings. The molecule has 0 N–H and O–H groups in total. The standard InChI is InChI=1S/C96H106B2N4/c1-59-51-61(3)86(62(4)52-59)97-78-55-69(95(19,20)21)39-49-82(78)102-83-50-40-70(96(22,23)24)56-79(83)98(87-63(5)53-60(2)54-64(87)6)81-58-75(57-80(97)90(81)102)101-88-76(27-25-29-84(88)99(71-41-31-65(32-42-71)91(7,8)9)72-43-33-66(34-44-72)92(10,11)12)77-28-26-30-85(89(77)101)100(73-45-35-67(36-46-73)93(13,14)15)74-47-37-68(38-48-74)94(16,17)18/h25-58H,1-24H3. The zero-order valence-electron chi connectivity index (χ0n) is 65.6. The van der Waals surface area contributed by atoms with Crippen molar-refractivity contribution in [2.24, 2.45) is 0 Å². The zero-order chi connectivity index (χ0) is 73.0. The molecule has 0 saturated heterocycles. The molecule has 0 amide bonds. The summed E-state index contributed by atoms with van der Waals surface area (Å²) in [4.78, 5) is 7.81. The maximum Gasteiger partial charge on any atom is 0.247 e. The Morgan fingerprint density at radius 1 is 0.284 bits per heavy atom. The van der Waals surface area contributed by atoms with Crippen molar-refractivity contribution in [3.63, 3.8) is 0 Å². The third kappa shape index (κ3) is 12.2. The van der Waals surface area contributed by atoms with Crippen molar-refractivity contribution >= 4 is 119 Å². The molecule has 3 heterocycles. The van der Waals surface area contributed by atoms with Gasteiger partial charge in [-0.3, -0.25) is 0 Å². The highest BCUT2D eigenvalue weighted by Crippen LogP contribution is 2.50. The van der Waals surface area contributed by atoms with Gasteiger partial charge in [0.2, 0.25) is 13.4 Å². The highest BCUT2D eigenvalue weighted by molar-refractivity contribution is 7.02. The molecule has 14 rings (SSSR count). The first-order valence-electron chi connectivity index (χ1n) is 37.4. The predicted octanol–water partition coefficient (Wildman–Crippen LogP) is 22.5. The number of anilines is 9. The van der Waals surface area contributed by atoms with Crippen LogP contribution in [0.4, 0.5) is 51.2 Å². The highest BCUT2D eigenvalue weighted by Gasteiger charge is 2.46. The number of hydrogen-bond donors (Lipinski definition) is 0. The molecule has 0 saturated carbocycles. The lowest BCUT2D eigenvalue weighted by Crippen LogP contribution is -2.66. The second-order valence-electron chi connectivity index (χ2n) is 36.4. The molecule has 516 valence electrons. The second kappa shape index (κ2) is 24.7. The van der Waals surface area contributed by atoms with Crippen LogP contribution in [-0.2, 0) is 32.5 Å². The molecule has 12 aromatic rings. The molecule has 1 aromatic heterocycles. The summed E-state index contributed by atoms with van der Waals surface area (Å²) in [6, 6.07) is 81.9. The van der Waals surface area contributed by atoms with Crippen molar-refractivity contribution in [3.05, 3.63) is 273 Å². The Kier molecular flexibility index (Phi) is 16.9. The van der Waals surface area contributed by atoms with Crippen LogP contribution in [0.5, 0.6) is 0 Å². The first-order valence-corrected chi connectivity index (χ1v) is 37.4. The normalized spacial score (nSPS) is 13.4. The molecular weight excluding hydrogens is 1230 g/mol. The Morgan fingerprint density at radius 3 is 0.833 bits per heavy atom. The Balaban J connectivity index is 1.21. The molecule has 2 aliphatic rings. The van der Waals surface area contributed by atoms with Gasteiger partial charge in [-0.05, 0) is 214 Å². The topological polar surface area (TPSA) is 14.7 Å². The van der Waals surface area contributed by atoms with Gasteiger partial charge in [-0.25, -0.2) is 0 Å². The summed E-state index contributed by atoms with van der Waals surface area (Å²) in [5, 5.41) is 2.35. The molecule has 0 unspecified atom stereocenters. The quantitative estimate of drug-likeness (QED) is 0.134. The van der Waals surface area contributed by atoms with Crippen LogP contribution < -0.4 is 47.5 Å². The molecule has 0 spiro atoms. The fourth-order valence-corrected chi connectivity index (χ4v) is 17.0. The Morgan fingerprint density at radius 2 is 0.559 bits per heavy atom. The number of aryl methyl sites for hydroxylation is 6. The van der Waals surface area contributed by atoms with Gasteiger partial charge in [0, 0.05) is 56.3 Å². The lowest BCUT2D eigenvalue weighted by molar-refractivity contribution is 0.590. The third-order valence-electron chi connectivity index (χ3n) is 22.4. The highest BCUT2D eigenvalue weighted by atomic mass is 15.2. The molecule has 11 aromatic carbocycles. The molecule has 0 atom stereocenters. The van der Waals surface area contributed by atoms with Crippen molar-refractivity contribution in [2.75, 3.05) is 14.7 Å². The summed E-state index contributed by atoms with van der Waals surface area (Å²) < 4.78 is 2.73. The number of fused-ring (bicyclic) bond motifs is 7. The van der Waals surface area contributed by atoms with Gasteiger partial charge in [0.15, 0.2) is 0 Å². The van der Waals surface area contributed by atoms with Crippen molar-refractivity contribution in [3.8, 4) is 5.69 Å². The van der Waals surface area contributed by atoms with Gasteiger partial charge >= 0.3 is 0 Å². The van der Waals surface area contributed by atoms with E-state index >= 15 is 0 Å². The average Bonchev–Trinajstić information content (AvgIpc) is 1.21. The van der Waals surface area contributed by atoms with E-state index in [0.29, 0.717) is 0 Å². The largest absolute Gasteiger partial charge is 0.313 e. The van der Waals surface area contributed by atoms with Crippen LogP contribution in [0.25, 0.3) is 27.5 Å². The summed E-state index contributed by atoms with van der Waals surface area (Å²) in [5.74, 6) is 0. The van der Waals surface area contributed by atoms with Crippen molar-refractivity contribution < 1.29 is 0 Å². The second-order valence-corrected chi connectivity index (χ2v) is 36.4. The van der Waals surface area contributed by atoms with Gasteiger partial charge in [-0.15, -0.1) is 0 Å². The molecule has 0 bridgehead atoms. The minimum Gasteiger partial charge on any atom is -0.313 e. The maximum atomic E-state index is 2.73. The van der Waals surface area contributed by atoms with E-state index in [0.717, 1.165) is 50.8 Å². The van der Waals surface area contributed by atoms with Gasteiger partial charge in [-0.1, -0.05) is 290 Å². The summed E-state index contributed by atoms with van der Waals surface area (Å²) in [6.45, 7) is 55.8. The van der Waals surface area contributed by atoms with E-state index in [9.17, 15) is 0 Å². The monoisotopic (exact) mass is 1340 g/mol. The van der Waals surface area contributed by atoms with E-state index in [4.69, 9.17) is 0 Å². The number of nitrogens with zero attached hydrogens (tertiary/aromatic N) is 4. The first-order chi connectivity index (χ1) is 47.9. The van der Waals surface area contributed by atoms with Crippen LogP contribution in [0.3, 0.4) is 0 Å². The van der Waals surface area contributed by atoms with Gasteiger partial charge in [0.05, 0.1) is 22.4 Å². The minimum atomic E-state index is -0.144. The van der Waals surface area contributed by atoms with Crippen molar-refractivity contribution in [1.82, 2.24) is 4.57 Å². The van der Waals surface area contributed by atoms with Gasteiger partial charge in [0.25, 0.3) is 0 Å². The smallest absolute Gasteiger partial charge is 0.247 e. The SMILES string of the molecule is Cc1cc(C)c(B2c3cc(C(C)(C)C)ccc3N3c4ccc(C(C)(C)C)cc4B(c4c(C)cc(C)cc4C)c4cc(-n5c6c(N(c7ccc(C(C)(C)C)cc7)c7ccc(C(C)(C)C)cc7)cccc6c6cccc(N(c7ccc(C(C)(C)C)cc7)c7ccc(C(C)(C)C)cc7)c65)cc2c43)c(C)c1. The molecule has 102 heavy (non-hydrogen) atoms. The summed E-state index contributed by atoms with van der Waals surface area (Å²) in [6.07, 6.45) is 0. The lowest BCUT2D eigenvalue weighted by atomic mass is 9.29. The fraction of sp³-hybridized carbons (Fsp3) is 0.312. The van der Waals surface area contributed by atoms with Crippen LogP contribution in [0.15, 0.2) is 206 Å². The van der Waals surface area contributed by atoms with Crippen LogP contribution in [-0.4, -0.2) is 18.0 Å². The van der Waals surface area contributed by atoms with Crippen LogP contribution >= 0.6 is 0 Å². The summed E-state index contributed by atoms with van der Waals surface area (Å²) in [7, 11) is 0. The zero-order valence-corrected chi connectivity index (χ0v) is 65.6. The Labute approximate surface area is 612 Å². The van der Waals surface area contributed by atoms with Crippen molar-refractivity contribution in [1.29, 1.82) is 0 Å². The lowest BCUT2D eigenvalue weighted by Gasteiger charge is -2.45. The van der Waals surface area contributed by atoms with Gasteiger partial charge in [-0.2, -0.15) is 0 Å². The average molecular weight is 1340 g/mol. The molecule has 0 radical (unpaired) electrons. The molecule has 6 heteroatoms. The number of hydrogen-bond acceptors (Lipinski definition) is 3. The molecule has 0 aliphatic carbocycles. The Bertz CT molecular complexity index is 4790. The van der Waals surface area contributed by atoms with Crippen LogP contribution in [0.2, 0.25) is 0 Å². The molecular formula is C96H106B2N4. The molecule has 4 nitrogen and oxygen atoms in total. The number of aromatic nitrogens is 1. The van der Waals surface area contributed by atoms with Crippen LogP contribution in [0.1, 0.15) is 191 Å². The minimum absolute atomic E-state index is 0.0421. The van der Waals surface area contributed by atoms with E-state index in [1.54, 1.807) is 0 Å². The number of benzene rings is 11. The van der Waals surface area contributed by atoms with E-state index in [2.05, 4.69) is 392 Å². The molecule has 2 aliphatic heterocycles. The third-order valence-corrected chi connectivity index (χ3v) is 22.4. The van der Waals surface area contributed by atoms with Crippen LogP contribution in [0, 0.1) is 41.5 Å². The van der Waals surface area contributed by atoms with Gasteiger partial charge < -0.3 is 19.3 Å². The van der Waals surface area contributed by atoms with E-state index in [1.165, 1.54) is 127 Å². The summed E-state index contributed by atoms with van der Waals surface area (Å²) >= 11 is 0. The van der Waals surface area contributed by atoms with E-state index in [-0.39, 0.29) is 45.9 Å². The summed E-state index contributed by atoms with van der Waals surface area (Å²) in [5.41, 5.74) is 36.9. The van der Waals surface area contributed by atoms with Gasteiger partial charge in [0.1, 0.15) is 0 Å².